The van der Waals surface area contributed by atoms with Crippen molar-refractivity contribution in [3.05, 3.63) is 110 Å². The lowest BCUT2D eigenvalue weighted by molar-refractivity contribution is 0.342. The van der Waals surface area contributed by atoms with Crippen molar-refractivity contribution in [3.8, 4) is 5.69 Å². The minimum atomic E-state index is -0.501. The molecule has 0 bridgehead atoms. The van der Waals surface area contributed by atoms with Crippen molar-refractivity contribution >= 4 is 0 Å². The summed E-state index contributed by atoms with van der Waals surface area (Å²) in [4.78, 5) is 32.6. The molecule has 1 aliphatic carbocycles. The van der Waals surface area contributed by atoms with Crippen LogP contribution < -0.4 is 11.3 Å². The van der Waals surface area contributed by atoms with Gasteiger partial charge in [0.05, 0.1) is 11.4 Å². The van der Waals surface area contributed by atoms with Crippen LogP contribution in [0.4, 0.5) is 0 Å². The third-order valence-electron chi connectivity index (χ3n) is 7.14. The molecular weight excluding hydrogens is 440 g/mol. The second kappa shape index (κ2) is 9.86. The van der Waals surface area contributed by atoms with Gasteiger partial charge in [-0.15, -0.1) is 0 Å². The summed E-state index contributed by atoms with van der Waals surface area (Å²) in [5, 5.41) is 3.97. The first-order valence-electron chi connectivity index (χ1n) is 12.4. The molecule has 2 heterocycles. The summed E-state index contributed by atoms with van der Waals surface area (Å²) in [6, 6.07) is 18.2. The van der Waals surface area contributed by atoms with Crippen LogP contribution in [0.25, 0.3) is 5.69 Å². The van der Waals surface area contributed by atoms with Crippen molar-refractivity contribution in [1.82, 2.24) is 19.7 Å². The highest BCUT2D eigenvalue weighted by molar-refractivity contribution is 5.37. The number of hydrogen-bond acceptors (Lipinski definition) is 5. The van der Waals surface area contributed by atoms with Crippen LogP contribution in [-0.4, -0.2) is 19.7 Å². The first-order valence-corrected chi connectivity index (χ1v) is 12.4. The fraction of sp³-hybridized carbons (Fsp3) is 0.357. The number of hydrogen-bond donors (Lipinski definition) is 1. The Morgan fingerprint density at radius 2 is 1.71 bits per heavy atom. The summed E-state index contributed by atoms with van der Waals surface area (Å²) < 4.78 is 6.47. The Balaban J connectivity index is 1.45. The molecular formula is C28H30N4O3. The van der Waals surface area contributed by atoms with Gasteiger partial charge in [0.2, 0.25) is 0 Å². The van der Waals surface area contributed by atoms with Crippen LogP contribution in [0.2, 0.25) is 0 Å². The zero-order valence-electron chi connectivity index (χ0n) is 20.2. The maximum absolute atomic E-state index is 13.6. The van der Waals surface area contributed by atoms with Gasteiger partial charge in [-0.3, -0.25) is 18.9 Å². The Labute approximate surface area is 203 Å². The monoisotopic (exact) mass is 470 g/mol. The summed E-state index contributed by atoms with van der Waals surface area (Å²) in [6.45, 7) is 3.92. The predicted octanol–water partition coefficient (Wildman–Crippen LogP) is 4.81. The van der Waals surface area contributed by atoms with E-state index in [1.165, 1.54) is 5.56 Å². The van der Waals surface area contributed by atoms with Gasteiger partial charge in [0, 0.05) is 17.9 Å². The molecule has 7 nitrogen and oxygen atoms in total. The maximum atomic E-state index is 13.6. The molecule has 1 saturated carbocycles. The van der Waals surface area contributed by atoms with Crippen molar-refractivity contribution in [2.24, 2.45) is 0 Å². The van der Waals surface area contributed by atoms with E-state index >= 15 is 0 Å². The first kappa shape index (κ1) is 23.0. The zero-order chi connectivity index (χ0) is 24.4. The van der Waals surface area contributed by atoms with E-state index in [9.17, 15) is 9.59 Å². The molecule has 2 atom stereocenters. The highest BCUT2D eigenvalue weighted by Gasteiger charge is 2.30. The number of aromatic nitrogens is 4. The SMILES string of the molecule is CCc1nc(C)n(-c2ccccc2)c(=O)c1Cc1ccc(C2CCCCC2c2noc(=O)[nH]2)cc1. The number of nitrogens with one attached hydrogen (secondary N) is 1. The summed E-state index contributed by atoms with van der Waals surface area (Å²) in [5.41, 5.74) is 4.72. The summed E-state index contributed by atoms with van der Waals surface area (Å²) >= 11 is 0. The van der Waals surface area contributed by atoms with Gasteiger partial charge < -0.3 is 0 Å². The summed E-state index contributed by atoms with van der Waals surface area (Å²) in [6.07, 6.45) is 5.53. The molecule has 0 spiro atoms. The normalized spacial score (nSPS) is 18.0. The van der Waals surface area contributed by atoms with Crippen molar-refractivity contribution < 1.29 is 4.52 Å². The quantitative estimate of drug-likeness (QED) is 0.436. The average molecular weight is 471 g/mol. The molecule has 1 fully saturated rings. The summed E-state index contributed by atoms with van der Waals surface area (Å²) in [7, 11) is 0. The molecule has 2 aromatic carbocycles. The van der Waals surface area contributed by atoms with E-state index < -0.39 is 5.76 Å². The molecule has 1 aliphatic rings. The van der Waals surface area contributed by atoms with Crippen LogP contribution in [0.3, 0.4) is 0 Å². The highest BCUT2D eigenvalue weighted by Crippen LogP contribution is 2.42. The van der Waals surface area contributed by atoms with E-state index in [2.05, 4.69) is 34.4 Å². The van der Waals surface area contributed by atoms with Crippen LogP contribution in [0.1, 0.15) is 78.5 Å². The van der Waals surface area contributed by atoms with Gasteiger partial charge in [-0.2, -0.15) is 0 Å². The lowest BCUT2D eigenvalue weighted by atomic mass is 9.75. The van der Waals surface area contributed by atoms with E-state index in [1.807, 2.05) is 44.2 Å². The number of para-hydroxylation sites is 1. The number of benzene rings is 2. The molecule has 0 saturated heterocycles. The number of nitrogens with zero attached hydrogens (tertiary/aromatic N) is 3. The van der Waals surface area contributed by atoms with Crippen LogP contribution in [0, 0.1) is 6.92 Å². The molecule has 0 radical (unpaired) electrons. The van der Waals surface area contributed by atoms with Crippen LogP contribution in [-0.2, 0) is 12.8 Å². The minimum Gasteiger partial charge on any atom is -0.296 e. The Kier molecular flexibility index (Phi) is 6.49. The van der Waals surface area contributed by atoms with Crippen LogP contribution in [0.15, 0.2) is 68.7 Å². The second-order valence-corrected chi connectivity index (χ2v) is 9.31. The van der Waals surface area contributed by atoms with Gasteiger partial charge in [-0.25, -0.2) is 9.78 Å². The Morgan fingerprint density at radius 3 is 2.37 bits per heavy atom. The number of aryl methyl sites for hydroxylation is 2. The average Bonchev–Trinajstić information content (AvgIpc) is 3.33. The van der Waals surface area contributed by atoms with Gasteiger partial charge in [0.1, 0.15) is 5.82 Å². The molecule has 35 heavy (non-hydrogen) atoms. The van der Waals surface area contributed by atoms with Gasteiger partial charge in [-0.05, 0) is 55.4 Å². The topological polar surface area (TPSA) is 93.8 Å². The first-order chi connectivity index (χ1) is 17.0. The van der Waals surface area contributed by atoms with Crippen molar-refractivity contribution in [3.63, 3.8) is 0 Å². The lowest BCUT2D eigenvalue weighted by Gasteiger charge is -2.30. The van der Waals surface area contributed by atoms with E-state index in [0.29, 0.717) is 24.5 Å². The zero-order valence-corrected chi connectivity index (χ0v) is 20.2. The standard InChI is InChI=1S/C28H30N4O3/c1-3-25-24(27(33)32(18(2)29-25)21-9-5-4-6-10-21)17-19-13-15-20(16-14-19)22-11-7-8-12-23(22)26-30-28(34)35-31-26/h4-6,9-10,13-16,22-23H,3,7-8,11-12,17H2,1-2H3,(H,30,31,34). The molecule has 0 aliphatic heterocycles. The molecule has 5 rings (SSSR count). The maximum Gasteiger partial charge on any atom is 0.438 e. The largest absolute Gasteiger partial charge is 0.438 e. The lowest BCUT2D eigenvalue weighted by Crippen LogP contribution is -2.28. The van der Waals surface area contributed by atoms with Crippen molar-refractivity contribution in [1.29, 1.82) is 0 Å². The minimum absolute atomic E-state index is 0.00745. The molecule has 2 aromatic heterocycles. The molecule has 7 heteroatoms. The van der Waals surface area contributed by atoms with Gasteiger partial charge in [0.25, 0.3) is 5.56 Å². The van der Waals surface area contributed by atoms with Crippen LogP contribution >= 0.6 is 0 Å². The Morgan fingerprint density at radius 1 is 1.00 bits per heavy atom. The van der Waals surface area contributed by atoms with Crippen molar-refractivity contribution in [2.45, 2.75) is 64.2 Å². The molecule has 180 valence electrons. The van der Waals surface area contributed by atoms with E-state index in [0.717, 1.165) is 48.2 Å². The fourth-order valence-electron chi connectivity index (χ4n) is 5.41. The smallest absolute Gasteiger partial charge is 0.296 e. The van der Waals surface area contributed by atoms with Crippen LogP contribution in [0.5, 0.6) is 0 Å². The number of rotatable bonds is 6. The van der Waals surface area contributed by atoms with Crippen molar-refractivity contribution in [2.75, 3.05) is 0 Å². The second-order valence-electron chi connectivity index (χ2n) is 9.31. The molecule has 2 unspecified atom stereocenters. The van der Waals surface area contributed by atoms with E-state index in [-0.39, 0.29) is 17.4 Å². The predicted molar refractivity (Wildman–Crippen MR) is 134 cm³/mol. The number of H-pyrrole nitrogens is 1. The third kappa shape index (κ3) is 4.63. The summed E-state index contributed by atoms with van der Waals surface area (Å²) in [5.74, 6) is 1.27. The van der Waals surface area contributed by atoms with E-state index in [4.69, 9.17) is 9.51 Å². The highest BCUT2D eigenvalue weighted by atomic mass is 16.5. The van der Waals surface area contributed by atoms with Gasteiger partial charge >= 0.3 is 5.76 Å². The van der Waals surface area contributed by atoms with Gasteiger partial charge in [0.15, 0.2) is 5.82 Å². The molecule has 0 amide bonds. The Bertz CT molecular complexity index is 1420. The Hall–Kier alpha value is -3.74. The number of aromatic amines is 1. The third-order valence-corrected chi connectivity index (χ3v) is 7.14. The fourth-order valence-corrected chi connectivity index (χ4v) is 5.41. The van der Waals surface area contributed by atoms with E-state index in [1.54, 1.807) is 4.57 Å². The molecule has 4 aromatic rings. The molecule has 1 N–H and O–H groups in total. The van der Waals surface area contributed by atoms with Gasteiger partial charge in [-0.1, -0.05) is 67.4 Å².